The number of piperidine rings is 1. The Morgan fingerprint density at radius 1 is 1.35 bits per heavy atom. The molecule has 3 heteroatoms. The molecule has 1 aromatic rings. The van der Waals surface area contributed by atoms with Crippen molar-refractivity contribution in [2.24, 2.45) is 11.8 Å². The van der Waals surface area contributed by atoms with Gasteiger partial charge in [-0.25, -0.2) is 0 Å². The third-order valence-electron chi connectivity index (χ3n) is 3.95. The summed E-state index contributed by atoms with van der Waals surface area (Å²) in [6.45, 7) is 9.08. The number of amides is 1. The topological polar surface area (TPSA) is 32.3 Å². The lowest BCUT2D eigenvalue weighted by molar-refractivity contribution is -0.124. The smallest absolute Gasteiger partial charge is 0.222 e. The first-order valence-corrected chi connectivity index (χ1v) is 7.68. The number of anilines is 1. The summed E-state index contributed by atoms with van der Waals surface area (Å²) in [7, 11) is 0. The maximum absolute atomic E-state index is 11.5. The van der Waals surface area contributed by atoms with Crippen molar-refractivity contribution in [1.82, 2.24) is 5.32 Å². The van der Waals surface area contributed by atoms with Crippen LogP contribution in [0.4, 0.5) is 5.69 Å². The summed E-state index contributed by atoms with van der Waals surface area (Å²) in [6, 6.07) is 8.59. The fourth-order valence-corrected chi connectivity index (χ4v) is 2.64. The van der Waals surface area contributed by atoms with Gasteiger partial charge in [0.15, 0.2) is 0 Å². The number of nitrogens with zero attached hydrogens (tertiary/aromatic N) is 1. The van der Waals surface area contributed by atoms with Crippen molar-refractivity contribution in [2.75, 3.05) is 18.0 Å². The Hall–Kier alpha value is -1.51. The van der Waals surface area contributed by atoms with E-state index >= 15 is 0 Å². The van der Waals surface area contributed by atoms with Gasteiger partial charge in [-0.1, -0.05) is 32.9 Å². The minimum atomic E-state index is 0.0455. The summed E-state index contributed by atoms with van der Waals surface area (Å²) < 4.78 is 0. The van der Waals surface area contributed by atoms with Crippen molar-refractivity contribution in [1.29, 1.82) is 0 Å². The Kier molecular flexibility index (Phi) is 5.05. The third kappa shape index (κ3) is 3.99. The highest BCUT2D eigenvalue weighted by atomic mass is 16.1. The van der Waals surface area contributed by atoms with Gasteiger partial charge in [0, 0.05) is 31.2 Å². The number of hydrogen-bond acceptors (Lipinski definition) is 2. The number of carbonyl (C=O) groups excluding carboxylic acids is 1. The summed E-state index contributed by atoms with van der Waals surface area (Å²) in [4.78, 5) is 14.0. The van der Waals surface area contributed by atoms with Crippen LogP contribution in [0.5, 0.6) is 0 Å². The van der Waals surface area contributed by atoms with Crippen molar-refractivity contribution in [2.45, 2.75) is 40.2 Å². The maximum Gasteiger partial charge on any atom is 0.222 e. The minimum Gasteiger partial charge on any atom is -0.371 e. The van der Waals surface area contributed by atoms with Crippen molar-refractivity contribution in [3.63, 3.8) is 0 Å². The van der Waals surface area contributed by atoms with Gasteiger partial charge < -0.3 is 10.2 Å². The minimum absolute atomic E-state index is 0.0455. The molecule has 1 aromatic carbocycles. The molecule has 3 nitrogen and oxygen atoms in total. The van der Waals surface area contributed by atoms with E-state index in [1.165, 1.54) is 18.5 Å². The summed E-state index contributed by atoms with van der Waals surface area (Å²) in [5.41, 5.74) is 2.46. The van der Waals surface area contributed by atoms with Gasteiger partial charge in [0.25, 0.3) is 0 Å². The van der Waals surface area contributed by atoms with Gasteiger partial charge in [-0.2, -0.15) is 0 Å². The second-order valence-corrected chi connectivity index (χ2v) is 6.23. The van der Waals surface area contributed by atoms with E-state index in [1.54, 1.807) is 0 Å². The van der Waals surface area contributed by atoms with E-state index in [0.29, 0.717) is 6.54 Å². The van der Waals surface area contributed by atoms with E-state index in [9.17, 15) is 4.79 Å². The quantitative estimate of drug-likeness (QED) is 0.914. The van der Waals surface area contributed by atoms with E-state index in [1.807, 2.05) is 13.8 Å². The predicted molar refractivity (Wildman–Crippen MR) is 83.7 cm³/mol. The van der Waals surface area contributed by atoms with Crippen LogP contribution in [0.25, 0.3) is 0 Å². The second kappa shape index (κ2) is 6.78. The molecular weight excluding hydrogens is 248 g/mol. The maximum atomic E-state index is 11.5. The van der Waals surface area contributed by atoms with Gasteiger partial charge in [0.2, 0.25) is 5.91 Å². The highest BCUT2D eigenvalue weighted by Gasteiger charge is 2.16. The predicted octanol–water partition coefficient (Wildman–Crippen LogP) is 3.20. The SMILES string of the molecule is CC(C)C(=O)NCc1ccc(N2CCC[C@@H](C)C2)cc1. The average Bonchev–Trinajstić information content (AvgIpc) is 2.45. The molecule has 1 saturated heterocycles. The highest BCUT2D eigenvalue weighted by Crippen LogP contribution is 2.23. The molecule has 0 radical (unpaired) electrons. The third-order valence-corrected chi connectivity index (χ3v) is 3.95. The van der Waals surface area contributed by atoms with E-state index in [2.05, 4.69) is 41.4 Å². The molecule has 20 heavy (non-hydrogen) atoms. The first-order valence-electron chi connectivity index (χ1n) is 7.68. The highest BCUT2D eigenvalue weighted by molar-refractivity contribution is 5.77. The molecule has 0 saturated carbocycles. The van der Waals surface area contributed by atoms with Crippen LogP contribution in [-0.2, 0) is 11.3 Å². The molecule has 1 heterocycles. The molecule has 1 N–H and O–H groups in total. The standard InChI is InChI=1S/C17H26N2O/c1-13(2)17(20)18-11-15-6-8-16(9-7-15)19-10-4-5-14(3)12-19/h6-9,13-14H,4-5,10-12H2,1-3H3,(H,18,20)/t14-/m1/s1. The van der Waals surface area contributed by atoms with Crippen LogP contribution >= 0.6 is 0 Å². The van der Waals surface area contributed by atoms with E-state index < -0.39 is 0 Å². The summed E-state index contributed by atoms with van der Waals surface area (Å²) in [5, 5.41) is 2.95. The number of nitrogens with one attached hydrogen (secondary N) is 1. The molecule has 1 aliphatic rings. The Morgan fingerprint density at radius 2 is 2.05 bits per heavy atom. The van der Waals surface area contributed by atoms with E-state index in [0.717, 1.165) is 24.6 Å². The van der Waals surface area contributed by atoms with Crippen LogP contribution in [0.3, 0.4) is 0 Å². The molecule has 2 rings (SSSR count). The number of carbonyl (C=O) groups is 1. The first kappa shape index (κ1) is 14.9. The lowest BCUT2D eigenvalue weighted by Crippen LogP contribution is -2.34. The Balaban J connectivity index is 1.91. The molecule has 1 amide bonds. The normalized spacial score (nSPS) is 19.2. The average molecular weight is 274 g/mol. The molecule has 0 aromatic heterocycles. The Bertz CT molecular complexity index is 439. The Morgan fingerprint density at radius 3 is 2.65 bits per heavy atom. The van der Waals surface area contributed by atoms with Gasteiger partial charge in [-0.05, 0) is 36.5 Å². The summed E-state index contributed by atoms with van der Waals surface area (Å²) >= 11 is 0. The fraction of sp³-hybridized carbons (Fsp3) is 0.588. The van der Waals surface area contributed by atoms with Crippen LogP contribution in [-0.4, -0.2) is 19.0 Å². The molecule has 110 valence electrons. The van der Waals surface area contributed by atoms with Crippen molar-refractivity contribution >= 4 is 11.6 Å². The second-order valence-electron chi connectivity index (χ2n) is 6.23. The van der Waals surface area contributed by atoms with E-state index in [4.69, 9.17) is 0 Å². The van der Waals surface area contributed by atoms with Crippen LogP contribution in [0.15, 0.2) is 24.3 Å². The van der Waals surface area contributed by atoms with Crippen molar-refractivity contribution in [3.8, 4) is 0 Å². The molecule has 1 aliphatic heterocycles. The monoisotopic (exact) mass is 274 g/mol. The molecule has 1 fully saturated rings. The molecule has 0 spiro atoms. The van der Waals surface area contributed by atoms with Crippen LogP contribution < -0.4 is 10.2 Å². The lowest BCUT2D eigenvalue weighted by atomic mass is 9.99. The Labute approximate surface area is 122 Å². The molecule has 1 atom stereocenters. The number of benzene rings is 1. The van der Waals surface area contributed by atoms with Gasteiger partial charge in [0.1, 0.15) is 0 Å². The van der Waals surface area contributed by atoms with Gasteiger partial charge in [-0.3, -0.25) is 4.79 Å². The van der Waals surface area contributed by atoms with Gasteiger partial charge >= 0.3 is 0 Å². The van der Waals surface area contributed by atoms with Crippen LogP contribution in [0.1, 0.15) is 39.2 Å². The molecule has 0 bridgehead atoms. The van der Waals surface area contributed by atoms with Gasteiger partial charge in [-0.15, -0.1) is 0 Å². The van der Waals surface area contributed by atoms with Crippen LogP contribution in [0, 0.1) is 11.8 Å². The van der Waals surface area contributed by atoms with Gasteiger partial charge in [0.05, 0.1) is 0 Å². The number of hydrogen-bond donors (Lipinski definition) is 1. The van der Waals surface area contributed by atoms with E-state index in [-0.39, 0.29) is 11.8 Å². The molecule has 0 unspecified atom stereocenters. The summed E-state index contributed by atoms with van der Waals surface area (Å²) in [5.74, 6) is 0.941. The fourth-order valence-electron chi connectivity index (χ4n) is 2.64. The lowest BCUT2D eigenvalue weighted by Gasteiger charge is -2.32. The van der Waals surface area contributed by atoms with Crippen LogP contribution in [0.2, 0.25) is 0 Å². The van der Waals surface area contributed by atoms with Crippen molar-refractivity contribution in [3.05, 3.63) is 29.8 Å². The molecule has 0 aliphatic carbocycles. The van der Waals surface area contributed by atoms with Crippen molar-refractivity contribution < 1.29 is 4.79 Å². The zero-order valence-electron chi connectivity index (χ0n) is 12.9. The number of rotatable bonds is 4. The largest absolute Gasteiger partial charge is 0.371 e. The summed E-state index contributed by atoms with van der Waals surface area (Å²) in [6.07, 6.45) is 2.63. The zero-order chi connectivity index (χ0) is 14.5. The first-order chi connectivity index (χ1) is 9.56. The molecular formula is C17H26N2O. The zero-order valence-corrected chi connectivity index (χ0v) is 12.9.